The molecule has 1 saturated carbocycles. The quantitative estimate of drug-likeness (QED) is 0.499. The van der Waals surface area contributed by atoms with Crippen LogP contribution in [0.25, 0.3) is 5.69 Å². The summed E-state index contributed by atoms with van der Waals surface area (Å²) in [6.45, 7) is 0. The number of halogens is 1. The predicted molar refractivity (Wildman–Crippen MR) is 103 cm³/mol. The van der Waals surface area contributed by atoms with Gasteiger partial charge in [-0.25, -0.2) is 9.48 Å². The number of fused-ring (bicyclic) bond motifs is 1. The maximum absolute atomic E-state index is 12.4. The summed E-state index contributed by atoms with van der Waals surface area (Å²) in [5, 5.41) is 12.9. The molecule has 1 fully saturated rings. The number of hydrogen-bond acceptors (Lipinski definition) is 5. The number of esters is 1. The number of aryl methyl sites for hydroxylation is 1. The van der Waals surface area contributed by atoms with E-state index in [1.54, 1.807) is 10.9 Å². The molecule has 144 valence electrons. The number of carbonyl (C=O) groups is 1. The van der Waals surface area contributed by atoms with Crippen molar-refractivity contribution < 1.29 is 9.53 Å². The first-order chi connectivity index (χ1) is 13.6. The first kappa shape index (κ1) is 17.4. The fourth-order valence-electron chi connectivity index (χ4n) is 4.32. The second kappa shape index (κ2) is 6.44. The van der Waals surface area contributed by atoms with Crippen LogP contribution in [0, 0.1) is 0 Å². The SMILES string of the molecule is COC(=O)c1cnn(-c2cccc3c2CCC3Cl)c1[C@@H]1C[C@H]1c1cn(C)nn1. The van der Waals surface area contributed by atoms with Gasteiger partial charge in [-0.15, -0.1) is 16.7 Å². The first-order valence-corrected chi connectivity index (χ1v) is 9.80. The average Bonchev–Trinajstić information content (AvgIpc) is 3.03. The molecular formula is C20H20ClN5O2. The van der Waals surface area contributed by atoms with Gasteiger partial charge in [-0.1, -0.05) is 17.3 Å². The van der Waals surface area contributed by atoms with Crippen LogP contribution in [0.2, 0.25) is 0 Å². The highest BCUT2D eigenvalue weighted by atomic mass is 35.5. The summed E-state index contributed by atoms with van der Waals surface area (Å²) in [7, 11) is 3.25. The molecule has 2 aromatic heterocycles. The maximum atomic E-state index is 12.4. The lowest BCUT2D eigenvalue weighted by Crippen LogP contribution is -2.09. The highest BCUT2D eigenvalue weighted by molar-refractivity contribution is 6.21. The minimum absolute atomic E-state index is 0.0299. The van der Waals surface area contributed by atoms with Crippen LogP contribution < -0.4 is 0 Å². The Labute approximate surface area is 167 Å². The molecule has 0 N–H and O–H groups in total. The molecule has 0 aliphatic heterocycles. The van der Waals surface area contributed by atoms with Crippen LogP contribution in [0.4, 0.5) is 0 Å². The van der Waals surface area contributed by atoms with E-state index in [2.05, 4.69) is 21.5 Å². The highest BCUT2D eigenvalue weighted by Crippen LogP contribution is 2.55. The van der Waals surface area contributed by atoms with Crippen LogP contribution in [0.15, 0.2) is 30.6 Å². The summed E-state index contributed by atoms with van der Waals surface area (Å²) in [4.78, 5) is 12.4. The Morgan fingerprint density at radius 1 is 1.32 bits per heavy atom. The summed E-state index contributed by atoms with van der Waals surface area (Å²) >= 11 is 6.48. The molecule has 1 unspecified atom stereocenters. The number of methoxy groups -OCH3 is 1. The van der Waals surface area contributed by atoms with Gasteiger partial charge in [0.15, 0.2) is 0 Å². The third kappa shape index (κ3) is 2.64. The summed E-state index contributed by atoms with van der Waals surface area (Å²) in [6.07, 6.45) is 6.27. The Kier molecular flexibility index (Phi) is 4.01. The number of nitrogens with zero attached hydrogens (tertiary/aromatic N) is 5. The highest BCUT2D eigenvalue weighted by Gasteiger charge is 2.46. The van der Waals surface area contributed by atoms with E-state index in [0.717, 1.165) is 41.9 Å². The summed E-state index contributed by atoms with van der Waals surface area (Å²) in [5.41, 5.74) is 5.69. The van der Waals surface area contributed by atoms with Crippen molar-refractivity contribution in [3.05, 3.63) is 58.7 Å². The zero-order valence-corrected chi connectivity index (χ0v) is 16.4. The second-order valence-corrected chi connectivity index (χ2v) is 7.99. The molecule has 2 heterocycles. The molecular weight excluding hydrogens is 378 g/mol. The molecule has 5 rings (SSSR count). The van der Waals surface area contributed by atoms with E-state index in [0.29, 0.717) is 5.56 Å². The monoisotopic (exact) mass is 397 g/mol. The molecule has 28 heavy (non-hydrogen) atoms. The molecule has 2 aliphatic rings. The predicted octanol–water partition coefficient (Wildman–Crippen LogP) is 3.28. The van der Waals surface area contributed by atoms with Gasteiger partial charge in [0, 0.05) is 25.1 Å². The molecule has 7 nitrogen and oxygen atoms in total. The van der Waals surface area contributed by atoms with E-state index in [1.165, 1.54) is 12.7 Å². The summed E-state index contributed by atoms with van der Waals surface area (Å²) < 4.78 is 8.62. The lowest BCUT2D eigenvalue weighted by Gasteiger charge is -2.13. The fourth-order valence-corrected chi connectivity index (χ4v) is 4.63. The summed E-state index contributed by atoms with van der Waals surface area (Å²) in [6, 6.07) is 6.13. The normalized spacial score (nSPS) is 22.9. The van der Waals surface area contributed by atoms with Gasteiger partial charge in [-0.05, 0) is 36.5 Å². The number of ether oxygens (including phenoxy) is 1. The van der Waals surface area contributed by atoms with E-state index in [9.17, 15) is 4.79 Å². The minimum atomic E-state index is -0.367. The van der Waals surface area contributed by atoms with Crippen LogP contribution >= 0.6 is 11.6 Å². The van der Waals surface area contributed by atoms with Crippen molar-refractivity contribution >= 4 is 17.6 Å². The van der Waals surface area contributed by atoms with Crippen LogP contribution in [0.3, 0.4) is 0 Å². The van der Waals surface area contributed by atoms with Gasteiger partial charge in [-0.3, -0.25) is 4.68 Å². The standard InChI is InChI=1S/C20H20ClN5O2/c1-25-10-17(23-24-25)13-8-14(13)19-15(20(27)28-2)9-22-26(19)18-5-3-4-11-12(18)6-7-16(11)21/h3-5,9-10,13-14,16H,6-8H2,1-2H3/t13-,14-,16?/m1/s1. The Morgan fingerprint density at radius 3 is 2.93 bits per heavy atom. The van der Waals surface area contributed by atoms with E-state index in [-0.39, 0.29) is 23.2 Å². The molecule has 3 aromatic rings. The number of rotatable bonds is 4. The van der Waals surface area contributed by atoms with Crippen molar-refractivity contribution in [3.8, 4) is 5.69 Å². The van der Waals surface area contributed by atoms with Crippen molar-refractivity contribution in [2.45, 2.75) is 36.5 Å². The molecule has 2 aliphatic carbocycles. The van der Waals surface area contributed by atoms with E-state index in [1.807, 2.05) is 30.1 Å². The Bertz CT molecular complexity index is 1070. The topological polar surface area (TPSA) is 74.8 Å². The van der Waals surface area contributed by atoms with Crippen molar-refractivity contribution in [1.29, 1.82) is 0 Å². The molecule has 0 radical (unpaired) electrons. The van der Waals surface area contributed by atoms with Crippen molar-refractivity contribution in [3.63, 3.8) is 0 Å². The molecule has 3 atom stereocenters. The fraction of sp³-hybridized carbons (Fsp3) is 0.400. The zero-order chi connectivity index (χ0) is 19.4. The molecule has 0 spiro atoms. The number of aromatic nitrogens is 5. The number of carbonyl (C=O) groups excluding carboxylic acids is 1. The van der Waals surface area contributed by atoms with Crippen molar-refractivity contribution in [2.75, 3.05) is 7.11 Å². The van der Waals surface area contributed by atoms with Gasteiger partial charge in [-0.2, -0.15) is 5.10 Å². The van der Waals surface area contributed by atoms with E-state index < -0.39 is 0 Å². The van der Waals surface area contributed by atoms with Crippen LogP contribution in [0.1, 0.15) is 62.9 Å². The van der Waals surface area contributed by atoms with Gasteiger partial charge in [0.1, 0.15) is 5.56 Å². The van der Waals surface area contributed by atoms with Gasteiger partial charge in [0.25, 0.3) is 0 Å². The zero-order valence-electron chi connectivity index (χ0n) is 15.7. The second-order valence-electron chi connectivity index (χ2n) is 7.46. The number of hydrogen-bond donors (Lipinski definition) is 0. The number of benzene rings is 1. The first-order valence-electron chi connectivity index (χ1n) is 9.37. The third-order valence-corrected chi connectivity index (χ3v) is 6.21. The Hall–Kier alpha value is -2.67. The maximum Gasteiger partial charge on any atom is 0.341 e. The molecule has 8 heteroatoms. The molecule has 1 aromatic carbocycles. The average molecular weight is 398 g/mol. The molecule has 0 bridgehead atoms. The van der Waals surface area contributed by atoms with Crippen molar-refractivity contribution in [1.82, 2.24) is 24.8 Å². The largest absolute Gasteiger partial charge is 0.465 e. The lowest BCUT2D eigenvalue weighted by molar-refractivity contribution is 0.0599. The minimum Gasteiger partial charge on any atom is -0.465 e. The van der Waals surface area contributed by atoms with Gasteiger partial charge >= 0.3 is 5.97 Å². The molecule has 0 saturated heterocycles. The lowest BCUT2D eigenvalue weighted by atomic mass is 10.1. The smallest absolute Gasteiger partial charge is 0.341 e. The van der Waals surface area contributed by atoms with Crippen LogP contribution in [-0.4, -0.2) is 37.9 Å². The van der Waals surface area contributed by atoms with Crippen molar-refractivity contribution in [2.24, 2.45) is 7.05 Å². The van der Waals surface area contributed by atoms with E-state index in [4.69, 9.17) is 16.3 Å². The summed E-state index contributed by atoms with van der Waals surface area (Å²) in [5.74, 6) is 0.0105. The Morgan fingerprint density at radius 2 is 2.18 bits per heavy atom. The van der Waals surface area contributed by atoms with Gasteiger partial charge in [0.2, 0.25) is 0 Å². The van der Waals surface area contributed by atoms with Crippen LogP contribution in [-0.2, 0) is 18.2 Å². The van der Waals surface area contributed by atoms with Gasteiger partial charge < -0.3 is 4.74 Å². The number of alkyl halides is 1. The Balaban J connectivity index is 1.61. The molecule has 0 amide bonds. The van der Waals surface area contributed by atoms with Gasteiger partial charge in [0.05, 0.1) is 35.8 Å². The third-order valence-electron chi connectivity index (χ3n) is 5.75. The van der Waals surface area contributed by atoms with Crippen LogP contribution in [0.5, 0.6) is 0 Å². The van der Waals surface area contributed by atoms with E-state index >= 15 is 0 Å².